The maximum atomic E-state index is 12.6. The molecule has 1 atom stereocenters. The van der Waals surface area contributed by atoms with E-state index in [1.54, 1.807) is 27.9 Å². The van der Waals surface area contributed by atoms with Crippen molar-refractivity contribution in [3.63, 3.8) is 0 Å². The predicted molar refractivity (Wildman–Crippen MR) is 89.2 cm³/mol. The van der Waals surface area contributed by atoms with Crippen LogP contribution in [-0.2, 0) is 6.18 Å². The molecular weight excluding hydrogens is 383 g/mol. The van der Waals surface area contributed by atoms with E-state index in [1.165, 1.54) is 17.5 Å². The molecule has 0 radical (unpaired) electrons. The Morgan fingerprint density at radius 1 is 1.33 bits per heavy atom. The number of aromatic nitrogens is 4. The lowest BCUT2D eigenvalue weighted by Crippen LogP contribution is -2.41. The first-order valence-corrected chi connectivity index (χ1v) is 8.99. The first kappa shape index (κ1) is 17.7. The fourth-order valence-electron chi connectivity index (χ4n) is 2.63. The smallest absolute Gasteiger partial charge is 0.338 e. The molecule has 0 N–H and O–H groups in total. The Labute approximate surface area is 155 Å². The van der Waals surface area contributed by atoms with Crippen molar-refractivity contribution < 1.29 is 22.5 Å². The van der Waals surface area contributed by atoms with E-state index in [2.05, 4.69) is 19.8 Å². The third kappa shape index (κ3) is 3.34. The number of carbonyl (C=O) groups excluding carboxylic acids is 1. The van der Waals surface area contributed by atoms with Gasteiger partial charge in [-0.05, 0) is 25.5 Å². The number of likely N-dealkylation sites (tertiary alicyclic amines) is 1. The normalized spacial score (nSPS) is 15.6. The second-order valence-corrected chi connectivity index (χ2v) is 7.27. The van der Waals surface area contributed by atoms with E-state index in [4.69, 9.17) is 0 Å². The van der Waals surface area contributed by atoms with Crippen LogP contribution in [0.1, 0.15) is 40.5 Å². The first-order valence-electron chi connectivity index (χ1n) is 8.17. The summed E-state index contributed by atoms with van der Waals surface area (Å²) in [5, 5.41) is 7.64. The van der Waals surface area contributed by atoms with Gasteiger partial charge in [-0.15, -0.1) is 11.3 Å². The Morgan fingerprint density at radius 2 is 2.11 bits per heavy atom. The van der Waals surface area contributed by atoms with E-state index in [1.807, 2.05) is 6.92 Å². The van der Waals surface area contributed by atoms with Gasteiger partial charge < -0.3 is 9.42 Å². The van der Waals surface area contributed by atoms with E-state index in [9.17, 15) is 18.0 Å². The summed E-state index contributed by atoms with van der Waals surface area (Å²) >= 11 is 1.24. The molecule has 0 bridgehead atoms. The predicted octanol–water partition coefficient (Wildman–Crippen LogP) is 3.47. The molecule has 1 unspecified atom stereocenters. The summed E-state index contributed by atoms with van der Waals surface area (Å²) in [6.45, 7) is 3.41. The van der Waals surface area contributed by atoms with Crippen LogP contribution in [0.2, 0.25) is 0 Å². The summed E-state index contributed by atoms with van der Waals surface area (Å²) < 4.78 is 43.7. The molecule has 1 saturated heterocycles. The number of hydrogen-bond donors (Lipinski definition) is 0. The lowest BCUT2D eigenvalue weighted by Gasteiger charge is -2.30. The van der Waals surface area contributed by atoms with Crippen molar-refractivity contribution in [2.75, 3.05) is 13.1 Å². The van der Waals surface area contributed by atoms with E-state index in [0.717, 1.165) is 24.4 Å². The molecule has 27 heavy (non-hydrogen) atoms. The van der Waals surface area contributed by atoms with Gasteiger partial charge in [0.15, 0.2) is 0 Å². The molecule has 1 fully saturated rings. The van der Waals surface area contributed by atoms with Gasteiger partial charge >= 0.3 is 12.1 Å². The Hall–Kier alpha value is -2.69. The van der Waals surface area contributed by atoms with Crippen molar-refractivity contribution in [1.29, 1.82) is 0 Å². The molecular formula is C16H14F3N5O2S. The SMILES string of the molecule is CC(c1ccc(-c2noc(C(F)(F)F)n2)s1)n1cc(C(=O)N2CCC2)cn1. The lowest BCUT2D eigenvalue weighted by molar-refractivity contribution is -0.159. The highest BCUT2D eigenvalue weighted by Gasteiger charge is 2.38. The average Bonchev–Trinajstić information content (AvgIpc) is 3.30. The molecule has 0 aliphatic carbocycles. The minimum absolute atomic E-state index is 0.0435. The Kier molecular flexibility index (Phi) is 4.25. The van der Waals surface area contributed by atoms with Crippen LogP contribution in [-0.4, -0.2) is 43.8 Å². The Morgan fingerprint density at radius 3 is 2.74 bits per heavy atom. The second kappa shape index (κ2) is 6.48. The highest BCUT2D eigenvalue weighted by Crippen LogP contribution is 2.34. The lowest BCUT2D eigenvalue weighted by atomic mass is 10.2. The molecule has 0 saturated carbocycles. The number of amides is 1. The maximum absolute atomic E-state index is 12.6. The van der Waals surface area contributed by atoms with Gasteiger partial charge in [-0.25, -0.2) is 0 Å². The fourth-order valence-corrected chi connectivity index (χ4v) is 3.61. The highest BCUT2D eigenvalue weighted by atomic mass is 32.1. The van der Waals surface area contributed by atoms with Gasteiger partial charge in [0.25, 0.3) is 5.91 Å². The van der Waals surface area contributed by atoms with Crippen molar-refractivity contribution in [3.8, 4) is 10.7 Å². The van der Waals surface area contributed by atoms with Crippen molar-refractivity contribution in [2.24, 2.45) is 0 Å². The van der Waals surface area contributed by atoms with Crippen molar-refractivity contribution in [3.05, 3.63) is 40.9 Å². The summed E-state index contributed by atoms with van der Waals surface area (Å²) in [6, 6.07) is 3.21. The zero-order valence-electron chi connectivity index (χ0n) is 14.1. The van der Waals surface area contributed by atoms with E-state index >= 15 is 0 Å². The molecule has 142 valence electrons. The molecule has 0 aromatic carbocycles. The molecule has 0 spiro atoms. The van der Waals surface area contributed by atoms with Gasteiger partial charge in [0.05, 0.1) is 22.7 Å². The number of nitrogens with zero attached hydrogens (tertiary/aromatic N) is 5. The Balaban J connectivity index is 1.52. The topological polar surface area (TPSA) is 77.0 Å². The van der Waals surface area contributed by atoms with E-state index in [-0.39, 0.29) is 17.8 Å². The van der Waals surface area contributed by atoms with Crippen LogP contribution in [0.3, 0.4) is 0 Å². The molecule has 11 heteroatoms. The van der Waals surface area contributed by atoms with Crippen molar-refractivity contribution in [1.82, 2.24) is 24.8 Å². The number of rotatable bonds is 4. The standard InChI is InChI=1S/C16H14F3N5O2S/c1-9(24-8-10(7-20-24)14(25)23-5-2-6-23)11-3-4-12(27-11)13-21-15(26-22-13)16(17,18)19/h3-4,7-9H,2,5-6H2,1H3. The highest BCUT2D eigenvalue weighted by molar-refractivity contribution is 7.15. The van der Waals surface area contributed by atoms with Crippen LogP contribution in [0.5, 0.6) is 0 Å². The van der Waals surface area contributed by atoms with E-state index < -0.39 is 12.1 Å². The number of alkyl halides is 3. The molecule has 3 aromatic rings. The van der Waals surface area contributed by atoms with Crippen LogP contribution in [0.4, 0.5) is 13.2 Å². The maximum Gasteiger partial charge on any atom is 0.471 e. The summed E-state index contributed by atoms with van der Waals surface area (Å²) in [5.74, 6) is -1.53. The molecule has 3 aromatic heterocycles. The van der Waals surface area contributed by atoms with Gasteiger partial charge in [-0.1, -0.05) is 5.16 Å². The van der Waals surface area contributed by atoms with Crippen LogP contribution >= 0.6 is 11.3 Å². The molecule has 1 aliphatic rings. The summed E-state index contributed by atoms with van der Waals surface area (Å²) in [5.41, 5.74) is 0.520. The van der Waals surface area contributed by atoms with E-state index in [0.29, 0.717) is 10.4 Å². The number of thiophene rings is 1. The molecule has 7 nitrogen and oxygen atoms in total. The largest absolute Gasteiger partial charge is 0.471 e. The van der Waals surface area contributed by atoms with Crippen molar-refractivity contribution in [2.45, 2.75) is 25.6 Å². The summed E-state index contributed by atoms with van der Waals surface area (Å²) in [7, 11) is 0. The minimum Gasteiger partial charge on any atom is -0.338 e. The summed E-state index contributed by atoms with van der Waals surface area (Å²) in [4.78, 5) is 18.7. The van der Waals surface area contributed by atoms with Gasteiger partial charge in [0.1, 0.15) is 0 Å². The summed E-state index contributed by atoms with van der Waals surface area (Å²) in [6.07, 6.45) is -0.450. The zero-order chi connectivity index (χ0) is 19.2. The first-order chi connectivity index (χ1) is 12.8. The number of carbonyl (C=O) groups is 1. The number of hydrogen-bond acceptors (Lipinski definition) is 6. The molecule has 1 amide bonds. The minimum atomic E-state index is -4.67. The quantitative estimate of drug-likeness (QED) is 0.674. The second-order valence-electron chi connectivity index (χ2n) is 6.15. The van der Waals surface area contributed by atoms with Crippen LogP contribution in [0.25, 0.3) is 10.7 Å². The Bertz CT molecular complexity index is 973. The van der Waals surface area contributed by atoms with Crippen LogP contribution < -0.4 is 0 Å². The van der Waals surface area contributed by atoms with Gasteiger partial charge in [0, 0.05) is 24.2 Å². The molecule has 4 rings (SSSR count). The fraction of sp³-hybridized carbons (Fsp3) is 0.375. The van der Waals surface area contributed by atoms with Gasteiger partial charge in [-0.2, -0.15) is 23.3 Å². The molecule has 4 heterocycles. The van der Waals surface area contributed by atoms with Crippen LogP contribution in [0.15, 0.2) is 29.0 Å². The monoisotopic (exact) mass is 397 g/mol. The van der Waals surface area contributed by atoms with Crippen molar-refractivity contribution >= 4 is 17.2 Å². The average molecular weight is 397 g/mol. The van der Waals surface area contributed by atoms with Gasteiger partial charge in [-0.3, -0.25) is 9.48 Å². The third-order valence-corrected chi connectivity index (χ3v) is 5.57. The molecule has 1 aliphatic heterocycles. The zero-order valence-corrected chi connectivity index (χ0v) is 14.9. The van der Waals surface area contributed by atoms with Crippen LogP contribution in [0, 0.1) is 0 Å². The number of halogens is 3. The third-order valence-electron chi connectivity index (χ3n) is 4.32. The van der Waals surface area contributed by atoms with Gasteiger partial charge in [0.2, 0.25) is 5.82 Å².